The summed E-state index contributed by atoms with van der Waals surface area (Å²) in [5.41, 5.74) is 0. The Morgan fingerprint density at radius 1 is 0.287 bits per heavy atom. The van der Waals surface area contributed by atoms with E-state index in [9.17, 15) is 43.2 Å². The maximum atomic E-state index is 13.1. The molecule has 0 spiro atoms. The summed E-state index contributed by atoms with van der Waals surface area (Å²) in [6.07, 6.45) is 61.1. The Bertz CT molecular complexity index is 1960. The second kappa shape index (κ2) is 72.3. The van der Waals surface area contributed by atoms with Crippen molar-refractivity contribution >= 4 is 39.5 Å². The van der Waals surface area contributed by atoms with Crippen molar-refractivity contribution in [1.29, 1.82) is 0 Å². The second-order valence-electron chi connectivity index (χ2n) is 30.7. The normalized spacial score (nSPS) is 14.2. The molecular weight excluding hydrogens is 1320 g/mol. The van der Waals surface area contributed by atoms with Crippen molar-refractivity contribution in [1.82, 2.24) is 0 Å². The van der Waals surface area contributed by atoms with Crippen molar-refractivity contribution in [3.63, 3.8) is 0 Å². The molecule has 0 aliphatic rings. The van der Waals surface area contributed by atoms with Gasteiger partial charge in [-0.15, -0.1) is 0 Å². The average Bonchev–Trinajstić information content (AvgIpc) is 0.955. The van der Waals surface area contributed by atoms with Gasteiger partial charge in [0, 0.05) is 25.7 Å². The summed E-state index contributed by atoms with van der Waals surface area (Å²) in [4.78, 5) is 73.0. The molecule has 0 saturated heterocycles. The smallest absolute Gasteiger partial charge is 0.462 e. The molecule has 0 aromatic heterocycles. The Kier molecular flexibility index (Phi) is 70.9. The molecule has 6 atom stereocenters. The number of hydrogen-bond acceptors (Lipinski definition) is 15. The standard InChI is InChI=1S/C82H160O17P2/c1-8-10-11-12-13-32-42-49-56-63-79(84)92-69-77(99-82(87)66-59-52-45-38-31-30-34-40-47-54-61-74(5)6)71-96-100(88,89)94-67-76(83)68-95-101(90,91)97-72-78(70-93-80(85)64-57-50-43-36-28-24-21-20-23-27-35-41-48-55-62-75(7)9-2)98-81(86)65-58-51-44-37-29-25-19-17-15-14-16-18-22-26-33-39-46-53-60-73(3)4/h73-78,83H,8-72H2,1-7H3,(H,88,89)(H,90,91)/t75?,76-,77+,78+/m0/s1. The molecular formula is C82H160O17P2. The van der Waals surface area contributed by atoms with Crippen LogP contribution in [0.2, 0.25) is 0 Å². The lowest BCUT2D eigenvalue weighted by atomic mass is 9.99. The predicted molar refractivity (Wildman–Crippen MR) is 414 cm³/mol. The van der Waals surface area contributed by atoms with Gasteiger partial charge >= 0.3 is 39.5 Å². The Hall–Kier alpha value is -1.94. The van der Waals surface area contributed by atoms with Crippen LogP contribution >= 0.6 is 15.6 Å². The van der Waals surface area contributed by atoms with Crippen LogP contribution in [-0.2, 0) is 65.4 Å². The molecule has 0 bridgehead atoms. The van der Waals surface area contributed by atoms with Crippen LogP contribution < -0.4 is 0 Å². The van der Waals surface area contributed by atoms with Gasteiger partial charge in [-0.25, -0.2) is 9.13 Å². The molecule has 3 N–H and O–H groups in total. The molecule has 0 aromatic carbocycles. The number of carbonyl (C=O) groups is 4. The van der Waals surface area contributed by atoms with Gasteiger partial charge in [0.15, 0.2) is 12.2 Å². The molecule has 0 fully saturated rings. The topological polar surface area (TPSA) is 237 Å². The van der Waals surface area contributed by atoms with Gasteiger partial charge in [-0.1, -0.05) is 376 Å². The lowest BCUT2D eigenvalue weighted by molar-refractivity contribution is -0.161. The molecule has 0 aliphatic carbocycles. The maximum absolute atomic E-state index is 13.1. The number of unbranched alkanes of at least 4 members (excludes halogenated alkanes) is 47. The zero-order chi connectivity index (χ0) is 74.4. The first-order valence-corrected chi connectivity index (χ1v) is 45.4. The summed E-state index contributed by atoms with van der Waals surface area (Å²) in [7, 11) is -9.92. The van der Waals surface area contributed by atoms with Gasteiger partial charge in [0.25, 0.3) is 0 Å². The summed E-state index contributed by atoms with van der Waals surface area (Å²) >= 11 is 0. The van der Waals surface area contributed by atoms with Crippen molar-refractivity contribution < 1.29 is 80.2 Å². The number of phosphoric acid groups is 2. The lowest BCUT2D eigenvalue weighted by Crippen LogP contribution is -2.30. The number of rotatable bonds is 80. The lowest BCUT2D eigenvalue weighted by Gasteiger charge is -2.21. The number of aliphatic hydroxyl groups is 1. The highest BCUT2D eigenvalue weighted by Crippen LogP contribution is 2.45. The van der Waals surface area contributed by atoms with E-state index in [-0.39, 0.29) is 25.7 Å². The van der Waals surface area contributed by atoms with Gasteiger partial charge in [0.1, 0.15) is 19.3 Å². The van der Waals surface area contributed by atoms with Crippen molar-refractivity contribution in [2.24, 2.45) is 17.8 Å². The first kappa shape index (κ1) is 99.1. The van der Waals surface area contributed by atoms with Gasteiger partial charge < -0.3 is 33.8 Å². The highest BCUT2D eigenvalue weighted by Gasteiger charge is 2.30. The third kappa shape index (κ3) is 74.7. The molecule has 17 nitrogen and oxygen atoms in total. The van der Waals surface area contributed by atoms with E-state index >= 15 is 0 Å². The van der Waals surface area contributed by atoms with Crippen molar-refractivity contribution in [2.45, 2.75) is 446 Å². The molecule has 0 heterocycles. The summed E-state index contributed by atoms with van der Waals surface area (Å²) in [6.45, 7) is 12.0. The number of ether oxygens (including phenoxy) is 4. The number of hydrogen-bond donors (Lipinski definition) is 3. The number of aliphatic hydroxyl groups excluding tert-OH is 1. The monoisotopic (exact) mass is 1480 g/mol. The van der Waals surface area contributed by atoms with E-state index in [4.69, 9.17) is 37.0 Å². The third-order valence-corrected chi connectivity index (χ3v) is 21.4. The van der Waals surface area contributed by atoms with Gasteiger partial charge in [-0.3, -0.25) is 37.3 Å². The fourth-order valence-electron chi connectivity index (χ4n) is 12.6. The Morgan fingerprint density at radius 2 is 0.505 bits per heavy atom. The number of carbonyl (C=O) groups excluding carboxylic acids is 4. The van der Waals surface area contributed by atoms with E-state index in [0.29, 0.717) is 25.7 Å². The van der Waals surface area contributed by atoms with Crippen LogP contribution in [-0.4, -0.2) is 96.7 Å². The molecule has 0 amide bonds. The van der Waals surface area contributed by atoms with Gasteiger partial charge in [0.05, 0.1) is 26.4 Å². The fraction of sp³-hybridized carbons (Fsp3) is 0.951. The van der Waals surface area contributed by atoms with Crippen LogP contribution in [0.15, 0.2) is 0 Å². The summed E-state index contributed by atoms with van der Waals surface area (Å²) in [6, 6.07) is 0. The molecule has 101 heavy (non-hydrogen) atoms. The molecule has 0 saturated carbocycles. The zero-order valence-electron chi connectivity index (χ0n) is 66.4. The van der Waals surface area contributed by atoms with Crippen molar-refractivity contribution in [2.75, 3.05) is 39.6 Å². The minimum atomic E-state index is -4.96. The quantitative estimate of drug-likeness (QED) is 0.0222. The van der Waals surface area contributed by atoms with Gasteiger partial charge in [-0.2, -0.15) is 0 Å². The molecule has 19 heteroatoms. The van der Waals surface area contributed by atoms with Crippen molar-refractivity contribution in [3.8, 4) is 0 Å². The van der Waals surface area contributed by atoms with Crippen molar-refractivity contribution in [3.05, 3.63) is 0 Å². The molecule has 3 unspecified atom stereocenters. The van der Waals surface area contributed by atoms with Crippen LogP contribution in [0.5, 0.6) is 0 Å². The minimum absolute atomic E-state index is 0.106. The first-order chi connectivity index (χ1) is 48.8. The van der Waals surface area contributed by atoms with E-state index in [2.05, 4.69) is 48.5 Å². The van der Waals surface area contributed by atoms with Gasteiger partial charge in [-0.05, 0) is 43.4 Å². The van der Waals surface area contributed by atoms with Gasteiger partial charge in [0.2, 0.25) is 0 Å². The molecule has 0 radical (unpaired) electrons. The molecule has 0 rings (SSSR count). The Morgan fingerprint density at radius 3 is 0.752 bits per heavy atom. The first-order valence-electron chi connectivity index (χ1n) is 42.4. The summed E-state index contributed by atoms with van der Waals surface area (Å²) < 4.78 is 68.7. The van der Waals surface area contributed by atoms with E-state index in [1.54, 1.807) is 0 Å². The van der Waals surface area contributed by atoms with E-state index in [0.717, 1.165) is 108 Å². The van der Waals surface area contributed by atoms with Crippen LogP contribution in [0.3, 0.4) is 0 Å². The fourth-order valence-corrected chi connectivity index (χ4v) is 14.2. The van der Waals surface area contributed by atoms with Crippen LogP contribution in [0, 0.1) is 17.8 Å². The molecule has 0 aromatic rings. The van der Waals surface area contributed by atoms with E-state index < -0.39 is 97.5 Å². The number of phosphoric ester groups is 2. The molecule has 0 aliphatic heterocycles. The van der Waals surface area contributed by atoms with E-state index in [1.165, 1.54) is 238 Å². The zero-order valence-corrected chi connectivity index (χ0v) is 68.2. The second-order valence-corrected chi connectivity index (χ2v) is 33.6. The average molecular weight is 1480 g/mol. The highest BCUT2D eigenvalue weighted by molar-refractivity contribution is 7.47. The summed E-state index contributed by atoms with van der Waals surface area (Å²) in [5.74, 6) is 0.311. The predicted octanol–water partition coefficient (Wildman–Crippen LogP) is 24.5. The minimum Gasteiger partial charge on any atom is -0.462 e. The van der Waals surface area contributed by atoms with Crippen LogP contribution in [0.25, 0.3) is 0 Å². The number of esters is 4. The highest BCUT2D eigenvalue weighted by atomic mass is 31.2. The molecule has 600 valence electrons. The largest absolute Gasteiger partial charge is 0.472 e. The Labute approximate surface area is 619 Å². The van der Waals surface area contributed by atoms with Crippen LogP contribution in [0.1, 0.15) is 427 Å². The van der Waals surface area contributed by atoms with E-state index in [1.807, 2.05) is 0 Å². The SMILES string of the molecule is CCCCCCCCCCCC(=O)OC[C@H](COP(=O)(O)OC[C@H](O)COP(=O)(O)OC[C@@H](COC(=O)CCCCCCCCCCCCCCCCC(C)CC)OC(=O)CCCCCCCCCCCCCCCCCCCCC(C)C)OC(=O)CCCCCCCCCCCCC(C)C. The van der Waals surface area contributed by atoms with Crippen LogP contribution in [0.4, 0.5) is 0 Å². The Balaban J connectivity index is 5.21. The third-order valence-electron chi connectivity index (χ3n) is 19.5. The maximum Gasteiger partial charge on any atom is 0.472 e. The summed E-state index contributed by atoms with van der Waals surface area (Å²) in [5, 5.41) is 10.6.